The van der Waals surface area contributed by atoms with Crippen molar-refractivity contribution in [2.45, 2.75) is 51.1 Å². The Labute approximate surface area is 157 Å². The van der Waals surface area contributed by atoms with E-state index in [2.05, 4.69) is 47.3 Å². The largest absolute Gasteiger partial charge is 0.467 e. The van der Waals surface area contributed by atoms with E-state index in [1.54, 1.807) is 19.5 Å². The molecule has 0 amide bonds. The van der Waals surface area contributed by atoms with Gasteiger partial charge in [0.15, 0.2) is 0 Å². The molecule has 0 spiro atoms. The van der Waals surface area contributed by atoms with Crippen LogP contribution in [0.1, 0.15) is 44.0 Å². The first-order valence-corrected chi connectivity index (χ1v) is 10.0. The smallest absolute Gasteiger partial charge is 0.316 e. The standard InChI is InChI=1S/C20H24N4OS/c1-4-12(2)23-16-7-14(8-16)19-24-17-6-5-13(9-18(17)26-19)15-10-21-20(25-3)22-11-15/h5-6,9-12,14,16,23H,4,7-8H2,1-3H3. The van der Waals surface area contributed by atoms with Gasteiger partial charge in [0.05, 0.1) is 22.3 Å². The van der Waals surface area contributed by atoms with E-state index in [1.165, 1.54) is 29.0 Å². The number of hydrogen-bond acceptors (Lipinski definition) is 6. The minimum Gasteiger partial charge on any atom is -0.467 e. The van der Waals surface area contributed by atoms with Gasteiger partial charge in [-0.15, -0.1) is 11.3 Å². The summed E-state index contributed by atoms with van der Waals surface area (Å²) in [4.78, 5) is 13.3. The predicted molar refractivity (Wildman–Crippen MR) is 106 cm³/mol. The molecule has 6 heteroatoms. The van der Waals surface area contributed by atoms with Crippen LogP contribution < -0.4 is 10.1 Å². The minimum atomic E-state index is 0.389. The van der Waals surface area contributed by atoms with E-state index >= 15 is 0 Å². The van der Waals surface area contributed by atoms with Crippen molar-refractivity contribution in [2.75, 3.05) is 7.11 Å². The first-order valence-electron chi connectivity index (χ1n) is 9.19. The third-order valence-corrected chi connectivity index (χ3v) is 6.35. The number of rotatable bonds is 6. The molecule has 136 valence electrons. The van der Waals surface area contributed by atoms with Crippen LogP contribution in [0.5, 0.6) is 6.01 Å². The molecule has 3 aromatic rings. The van der Waals surface area contributed by atoms with Crippen LogP contribution in [-0.2, 0) is 0 Å². The number of fused-ring (bicyclic) bond motifs is 1. The molecule has 4 rings (SSSR count). The van der Waals surface area contributed by atoms with E-state index in [1.807, 2.05) is 11.3 Å². The number of hydrogen-bond donors (Lipinski definition) is 1. The molecule has 5 nitrogen and oxygen atoms in total. The third kappa shape index (κ3) is 3.44. The van der Waals surface area contributed by atoms with Gasteiger partial charge < -0.3 is 10.1 Å². The maximum absolute atomic E-state index is 5.03. The van der Waals surface area contributed by atoms with Crippen molar-refractivity contribution in [1.82, 2.24) is 20.3 Å². The van der Waals surface area contributed by atoms with Crippen molar-refractivity contribution < 1.29 is 4.74 Å². The van der Waals surface area contributed by atoms with E-state index in [9.17, 15) is 0 Å². The zero-order valence-electron chi connectivity index (χ0n) is 15.4. The summed E-state index contributed by atoms with van der Waals surface area (Å²) in [5, 5.41) is 4.96. The molecule has 2 aromatic heterocycles. The van der Waals surface area contributed by atoms with Crippen molar-refractivity contribution in [1.29, 1.82) is 0 Å². The van der Waals surface area contributed by atoms with Gasteiger partial charge in [-0.05, 0) is 43.9 Å². The van der Waals surface area contributed by atoms with Crippen molar-refractivity contribution in [3.8, 4) is 17.1 Å². The predicted octanol–water partition coefficient (Wildman–Crippen LogP) is 4.40. The zero-order valence-corrected chi connectivity index (χ0v) is 16.2. The molecular weight excluding hydrogens is 344 g/mol. The number of nitrogens with one attached hydrogen (secondary N) is 1. The van der Waals surface area contributed by atoms with Crippen LogP contribution in [0.2, 0.25) is 0 Å². The molecule has 0 aliphatic heterocycles. The summed E-state index contributed by atoms with van der Waals surface area (Å²) < 4.78 is 6.26. The van der Waals surface area contributed by atoms with Crippen LogP contribution in [0.3, 0.4) is 0 Å². The van der Waals surface area contributed by atoms with E-state index in [4.69, 9.17) is 9.72 Å². The highest BCUT2D eigenvalue weighted by atomic mass is 32.1. The lowest BCUT2D eigenvalue weighted by Gasteiger charge is -2.36. The summed E-state index contributed by atoms with van der Waals surface area (Å²) >= 11 is 1.82. The third-order valence-electron chi connectivity index (χ3n) is 5.17. The van der Waals surface area contributed by atoms with Crippen molar-refractivity contribution >= 4 is 21.6 Å². The monoisotopic (exact) mass is 368 g/mol. The van der Waals surface area contributed by atoms with Gasteiger partial charge in [0, 0.05) is 36.0 Å². The first-order chi connectivity index (χ1) is 12.7. The molecule has 1 N–H and O–H groups in total. The quantitative estimate of drug-likeness (QED) is 0.699. The minimum absolute atomic E-state index is 0.389. The molecule has 1 saturated carbocycles. The molecule has 1 aromatic carbocycles. The second-order valence-corrected chi connectivity index (χ2v) is 8.10. The van der Waals surface area contributed by atoms with Gasteiger partial charge in [-0.2, -0.15) is 0 Å². The maximum atomic E-state index is 5.03. The Balaban J connectivity index is 1.49. The highest BCUT2D eigenvalue weighted by Crippen LogP contribution is 2.41. The van der Waals surface area contributed by atoms with Crippen molar-refractivity contribution in [3.63, 3.8) is 0 Å². The number of methoxy groups -OCH3 is 1. The van der Waals surface area contributed by atoms with Gasteiger partial charge in [0.1, 0.15) is 0 Å². The van der Waals surface area contributed by atoms with Gasteiger partial charge in [-0.25, -0.2) is 15.0 Å². The molecule has 1 aliphatic carbocycles. The highest BCUT2D eigenvalue weighted by molar-refractivity contribution is 7.18. The van der Waals surface area contributed by atoms with E-state index < -0.39 is 0 Å². The molecule has 1 unspecified atom stereocenters. The summed E-state index contributed by atoms with van der Waals surface area (Å²) in [6, 6.07) is 8.02. The maximum Gasteiger partial charge on any atom is 0.316 e. The summed E-state index contributed by atoms with van der Waals surface area (Å²) in [6.07, 6.45) is 7.17. The Morgan fingerprint density at radius 3 is 2.69 bits per heavy atom. The average Bonchev–Trinajstić information content (AvgIpc) is 3.06. The van der Waals surface area contributed by atoms with Gasteiger partial charge in [-0.3, -0.25) is 0 Å². The fraction of sp³-hybridized carbons (Fsp3) is 0.450. The Morgan fingerprint density at radius 2 is 2.00 bits per heavy atom. The molecule has 0 bridgehead atoms. The van der Waals surface area contributed by atoms with Crippen LogP contribution in [0, 0.1) is 0 Å². The molecule has 2 heterocycles. The number of nitrogens with zero attached hydrogens (tertiary/aromatic N) is 3. The molecule has 0 radical (unpaired) electrons. The normalized spacial score (nSPS) is 20.7. The molecule has 1 fully saturated rings. The zero-order chi connectivity index (χ0) is 18.1. The van der Waals surface area contributed by atoms with Crippen LogP contribution >= 0.6 is 11.3 Å². The molecule has 1 atom stereocenters. The average molecular weight is 369 g/mol. The number of aromatic nitrogens is 3. The fourth-order valence-electron chi connectivity index (χ4n) is 3.34. The second kappa shape index (κ2) is 7.29. The molecule has 1 aliphatic rings. The van der Waals surface area contributed by atoms with Crippen LogP contribution in [-0.4, -0.2) is 34.1 Å². The number of ether oxygens (including phenoxy) is 1. The van der Waals surface area contributed by atoms with Crippen molar-refractivity contribution in [2.24, 2.45) is 0 Å². The van der Waals surface area contributed by atoms with Crippen molar-refractivity contribution in [3.05, 3.63) is 35.6 Å². The Hall–Kier alpha value is -2.05. The van der Waals surface area contributed by atoms with Crippen LogP contribution in [0.4, 0.5) is 0 Å². The Bertz CT molecular complexity index is 886. The lowest BCUT2D eigenvalue weighted by atomic mass is 9.80. The van der Waals surface area contributed by atoms with Crippen LogP contribution in [0.25, 0.3) is 21.3 Å². The van der Waals surface area contributed by atoms with Gasteiger partial charge >= 0.3 is 6.01 Å². The molecule has 26 heavy (non-hydrogen) atoms. The van der Waals surface area contributed by atoms with Gasteiger partial charge in [0.2, 0.25) is 0 Å². The summed E-state index contributed by atoms with van der Waals surface area (Å²) in [6.45, 7) is 4.49. The summed E-state index contributed by atoms with van der Waals surface area (Å²) in [5.74, 6) is 0.599. The number of thiazole rings is 1. The van der Waals surface area contributed by atoms with Gasteiger partial charge in [0.25, 0.3) is 0 Å². The Kier molecular flexibility index (Phi) is 4.87. The Morgan fingerprint density at radius 1 is 1.23 bits per heavy atom. The fourth-order valence-corrected chi connectivity index (χ4v) is 4.48. The topological polar surface area (TPSA) is 59.9 Å². The van der Waals surface area contributed by atoms with E-state index in [-0.39, 0.29) is 0 Å². The summed E-state index contributed by atoms with van der Waals surface area (Å²) in [5.41, 5.74) is 3.19. The summed E-state index contributed by atoms with van der Waals surface area (Å²) in [7, 11) is 1.57. The second-order valence-electron chi connectivity index (χ2n) is 7.03. The first kappa shape index (κ1) is 17.4. The molecule has 0 saturated heterocycles. The molecular formula is C20H24N4OS. The highest BCUT2D eigenvalue weighted by Gasteiger charge is 2.32. The number of benzene rings is 1. The van der Waals surface area contributed by atoms with E-state index in [0.29, 0.717) is 24.0 Å². The lowest BCUT2D eigenvalue weighted by Crippen LogP contribution is -2.44. The van der Waals surface area contributed by atoms with Crippen LogP contribution in [0.15, 0.2) is 30.6 Å². The SMILES string of the molecule is CCC(C)NC1CC(c2nc3ccc(-c4cnc(OC)nc4)cc3s2)C1. The lowest BCUT2D eigenvalue weighted by molar-refractivity contribution is 0.267. The van der Waals surface area contributed by atoms with E-state index in [0.717, 1.165) is 16.6 Å². The van der Waals surface area contributed by atoms with Gasteiger partial charge in [-0.1, -0.05) is 13.0 Å².